The Morgan fingerprint density at radius 1 is 0.949 bits per heavy atom. The van der Waals surface area contributed by atoms with E-state index < -0.39 is 83.2 Å². The summed E-state index contributed by atoms with van der Waals surface area (Å²) in [5, 5.41) is 28.3. The lowest BCUT2D eigenvalue weighted by Gasteiger charge is -2.32. The van der Waals surface area contributed by atoms with Crippen molar-refractivity contribution in [3.05, 3.63) is 35.9 Å². The number of carbonyl (C=O) groups is 5. The summed E-state index contributed by atoms with van der Waals surface area (Å²) in [7, 11) is 0. The smallest absolute Gasteiger partial charge is 0.245 e. The molecule has 0 saturated carbocycles. The van der Waals surface area contributed by atoms with E-state index in [1.165, 1.54) is 6.92 Å². The first kappa shape index (κ1) is 30.6. The number of alkyl halides is 2. The minimum Gasteiger partial charge on any atom is -0.394 e. The fourth-order valence-corrected chi connectivity index (χ4v) is 5.19. The molecule has 3 rings (SSSR count). The third-order valence-electron chi connectivity index (χ3n) is 6.73. The summed E-state index contributed by atoms with van der Waals surface area (Å²) in [5.74, 6) is -3.75. The molecule has 0 radical (unpaired) electrons. The topological polar surface area (TPSA) is 177 Å². The molecule has 214 valence electrons. The molecule has 2 aliphatic rings. The van der Waals surface area contributed by atoms with Crippen molar-refractivity contribution in [2.75, 3.05) is 13.2 Å². The van der Waals surface area contributed by atoms with Gasteiger partial charge in [-0.1, -0.05) is 37.3 Å². The number of hydrogen-bond donors (Lipinski definition) is 6. The van der Waals surface area contributed by atoms with Crippen molar-refractivity contribution in [2.24, 2.45) is 0 Å². The van der Waals surface area contributed by atoms with E-state index in [4.69, 9.17) is 23.2 Å². The summed E-state index contributed by atoms with van der Waals surface area (Å²) in [6.07, 6.45) is -1.49. The molecule has 39 heavy (non-hydrogen) atoms. The van der Waals surface area contributed by atoms with E-state index in [0.717, 1.165) is 4.90 Å². The zero-order valence-corrected chi connectivity index (χ0v) is 23.0. The highest BCUT2D eigenvalue weighted by atomic mass is 35.5. The van der Waals surface area contributed by atoms with Crippen molar-refractivity contribution in [1.82, 2.24) is 26.2 Å². The lowest BCUT2D eigenvalue weighted by Crippen LogP contribution is -2.62. The second-order valence-electron chi connectivity index (χ2n) is 9.57. The van der Waals surface area contributed by atoms with Crippen LogP contribution in [-0.2, 0) is 24.0 Å². The molecule has 5 amide bonds. The fourth-order valence-electron chi connectivity index (χ4n) is 4.57. The summed E-state index contributed by atoms with van der Waals surface area (Å²) in [5.41, 5.74) is 0.577. The molecule has 1 aromatic carbocycles. The van der Waals surface area contributed by atoms with E-state index >= 15 is 0 Å². The summed E-state index contributed by atoms with van der Waals surface area (Å²) in [6.45, 7) is 2.05. The van der Waals surface area contributed by atoms with Gasteiger partial charge in [-0.2, -0.15) is 0 Å². The number of hydrogen-bond acceptors (Lipinski definition) is 7. The Balaban J connectivity index is 2.02. The lowest BCUT2D eigenvalue weighted by atomic mass is 10.0. The van der Waals surface area contributed by atoms with Gasteiger partial charge in [-0.05, 0) is 18.9 Å². The Hall–Kier alpha value is -2.93. The molecule has 0 aromatic heterocycles. The molecule has 0 bridgehead atoms. The summed E-state index contributed by atoms with van der Waals surface area (Å²) >= 11 is 12.7. The predicted molar refractivity (Wildman–Crippen MR) is 142 cm³/mol. The zero-order valence-electron chi connectivity index (χ0n) is 21.5. The first-order valence-electron chi connectivity index (χ1n) is 12.6. The minimum atomic E-state index is -1.55. The number of halogens is 2. The Kier molecular flexibility index (Phi) is 10.5. The Morgan fingerprint density at radius 2 is 1.62 bits per heavy atom. The number of aliphatic hydroxyl groups is 2. The first-order chi connectivity index (χ1) is 18.5. The van der Waals surface area contributed by atoms with E-state index in [1.54, 1.807) is 37.3 Å². The molecule has 0 spiro atoms. The molecule has 2 heterocycles. The second-order valence-corrected chi connectivity index (χ2v) is 10.6. The van der Waals surface area contributed by atoms with Crippen LogP contribution in [0.4, 0.5) is 0 Å². The van der Waals surface area contributed by atoms with Gasteiger partial charge >= 0.3 is 0 Å². The van der Waals surface area contributed by atoms with Gasteiger partial charge in [-0.15, -0.1) is 23.2 Å². The van der Waals surface area contributed by atoms with Gasteiger partial charge in [0.25, 0.3) is 0 Å². The lowest BCUT2D eigenvalue weighted by molar-refractivity contribution is -0.143. The Labute approximate surface area is 235 Å². The molecule has 0 aliphatic carbocycles. The van der Waals surface area contributed by atoms with Crippen molar-refractivity contribution >= 4 is 52.7 Å². The number of rotatable bonds is 4. The van der Waals surface area contributed by atoms with Crippen LogP contribution in [0, 0.1) is 0 Å². The second kappa shape index (κ2) is 13.4. The van der Waals surface area contributed by atoms with Crippen LogP contribution >= 0.6 is 23.2 Å². The maximum atomic E-state index is 13.5. The molecule has 2 aliphatic heterocycles. The molecular formula is C25H33Cl2N5O7. The fraction of sp³-hybridized carbons (Fsp3) is 0.560. The van der Waals surface area contributed by atoms with E-state index in [-0.39, 0.29) is 19.4 Å². The summed E-state index contributed by atoms with van der Waals surface area (Å²) in [6, 6.07) is 2.39. The highest BCUT2D eigenvalue weighted by molar-refractivity contribution is 6.32. The summed E-state index contributed by atoms with van der Waals surface area (Å²) < 4.78 is 0. The van der Waals surface area contributed by atoms with Gasteiger partial charge in [0.15, 0.2) is 0 Å². The van der Waals surface area contributed by atoms with Crippen LogP contribution in [0.1, 0.15) is 38.3 Å². The van der Waals surface area contributed by atoms with E-state index in [9.17, 15) is 34.2 Å². The van der Waals surface area contributed by atoms with Gasteiger partial charge in [0.1, 0.15) is 24.2 Å². The number of carbonyl (C=O) groups excluding carboxylic acids is 5. The third kappa shape index (κ3) is 7.18. The third-order valence-corrected chi connectivity index (χ3v) is 7.81. The standard InChI is InChI=1S/C25H33Cl2N5O7/c1-3-15-25(39)32-10-14(26)19(27)21(32)24(38)31-20(12(2)34)23(37)30-17(11-33)22(36)29-16(9-18(35)28-15)13-7-5-4-6-8-13/h4-8,12,14-17,19-21,33-34H,3,9-11H2,1-2H3,(H,28,35)(H,29,36)(H,30,37)(H,31,38)/t12-,14+,15-,16+,17-,19-,20-,21-/m0/s1. The Morgan fingerprint density at radius 3 is 2.21 bits per heavy atom. The number of nitrogens with zero attached hydrogens (tertiary/aromatic N) is 1. The molecule has 14 heteroatoms. The van der Waals surface area contributed by atoms with Crippen molar-refractivity contribution in [2.45, 2.75) is 73.8 Å². The molecule has 2 fully saturated rings. The van der Waals surface area contributed by atoms with E-state index in [0.29, 0.717) is 5.56 Å². The highest BCUT2D eigenvalue weighted by Crippen LogP contribution is 2.29. The quantitative estimate of drug-likeness (QED) is 0.243. The van der Waals surface area contributed by atoms with Crippen LogP contribution < -0.4 is 21.3 Å². The average Bonchev–Trinajstić information content (AvgIpc) is 3.21. The van der Waals surface area contributed by atoms with E-state index in [1.807, 2.05) is 0 Å². The van der Waals surface area contributed by atoms with Crippen LogP contribution in [-0.4, -0.2) is 98.8 Å². The van der Waals surface area contributed by atoms with Crippen LogP contribution in [0.2, 0.25) is 0 Å². The highest BCUT2D eigenvalue weighted by Gasteiger charge is 2.48. The van der Waals surface area contributed by atoms with Crippen molar-refractivity contribution < 1.29 is 34.2 Å². The molecule has 0 unspecified atom stereocenters. The molecule has 6 N–H and O–H groups in total. The molecule has 1 aromatic rings. The normalized spacial score (nSPS) is 32.0. The maximum Gasteiger partial charge on any atom is 0.245 e. The van der Waals surface area contributed by atoms with Crippen LogP contribution in [0.25, 0.3) is 0 Å². The van der Waals surface area contributed by atoms with Gasteiger partial charge in [0, 0.05) is 6.54 Å². The number of fused-ring (bicyclic) bond motifs is 1. The molecule has 2 saturated heterocycles. The monoisotopic (exact) mass is 585 g/mol. The van der Waals surface area contributed by atoms with E-state index in [2.05, 4.69) is 21.3 Å². The maximum absolute atomic E-state index is 13.5. The van der Waals surface area contributed by atoms with Gasteiger partial charge in [-0.3, -0.25) is 24.0 Å². The summed E-state index contributed by atoms with van der Waals surface area (Å²) in [4.78, 5) is 67.1. The van der Waals surface area contributed by atoms with Gasteiger partial charge in [0.05, 0.1) is 35.9 Å². The zero-order chi connectivity index (χ0) is 28.9. The number of aliphatic hydroxyl groups excluding tert-OH is 2. The molecule has 12 nitrogen and oxygen atoms in total. The first-order valence-corrected chi connectivity index (χ1v) is 13.5. The number of benzene rings is 1. The van der Waals surface area contributed by atoms with Crippen LogP contribution in [0.15, 0.2) is 30.3 Å². The average molecular weight is 586 g/mol. The van der Waals surface area contributed by atoms with Crippen molar-refractivity contribution in [1.29, 1.82) is 0 Å². The Bertz CT molecular complexity index is 1080. The number of amides is 5. The van der Waals surface area contributed by atoms with Gasteiger partial charge in [0.2, 0.25) is 29.5 Å². The van der Waals surface area contributed by atoms with Crippen molar-refractivity contribution in [3.8, 4) is 0 Å². The minimum absolute atomic E-state index is 0.0835. The van der Waals surface area contributed by atoms with Gasteiger partial charge in [-0.25, -0.2) is 0 Å². The SMILES string of the molecule is CC[C@@H]1NC(=O)C[C@H](c2ccccc2)NC(=O)[C@H](CO)NC(=O)[C@H]([C@H](C)O)NC(=O)[C@@H]2[C@@H](Cl)[C@H](Cl)CN2C1=O. The van der Waals surface area contributed by atoms with Crippen LogP contribution in [0.3, 0.4) is 0 Å². The number of nitrogens with one attached hydrogen (secondary N) is 4. The predicted octanol–water partition coefficient (Wildman–Crippen LogP) is -1.09. The van der Waals surface area contributed by atoms with Crippen molar-refractivity contribution in [3.63, 3.8) is 0 Å². The van der Waals surface area contributed by atoms with Gasteiger partial charge < -0.3 is 36.4 Å². The largest absolute Gasteiger partial charge is 0.394 e. The van der Waals surface area contributed by atoms with Crippen LogP contribution in [0.5, 0.6) is 0 Å². The molecule has 8 atom stereocenters. The molecular weight excluding hydrogens is 553 g/mol.